The topological polar surface area (TPSA) is 12.0 Å². The first-order valence-electron chi connectivity index (χ1n) is 5.87. The zero-order chi connectivity index (χ0) is 11.7. The molecule has 0 aliphatic carbocycles. The maximum Gasteiger partial charge on any atom is 0.0371 e. The van der Waals surface area contributed by atoms with Gasteiger partial charge in [-0.05, 0) is 46.1 Å². The summed E-state index contributed by atoms with van der Waals surface area (Å²) in [4.78, 5) is 1.44. The van der Waals surface area contributed by atoms with Gasteiger partial charge < -0.3 is 5.32 Å². The first-order valence-corrected chi connectivity index (χ1v) is 7.54. The molecule has 1 N–H and O–H groups in total. The van der Waals surface area contributed by atoms with E-state index in [1.54, 1.807) is 0 Å². The number of rotatable bonds is 2. The summed E-state index contributed by atoms with van der Waals surface area (Å²) in [7, 11) is 0. The highest BCUT2D eigenvalue weighted by molar-refractivity contribution is 9.10. The van der Waals surface area contributed by atoms with E-state index in [4.69, 9.17) is 0 Å². The van der Waals surface area contributed by atoms with Crippen molar-refractivity contribution in [1.29, 1.82) is 0 Å². The fourth-order valence-corrected chi connectivity index (χ4v) is 3.94. The summed E-state index contributed by atoms with van der Waals surface area (Å²) in [6.07, 6.45) is 2.24. The number of thiophene rings is 1. The summed E-state index contributed by atoms with van der Waals surface area (Å²) in [6.45, 7) is 1.09. The average Bonchev–Trinajstić information content (AvgIpc) is 2.75. The zero-order valence-corrected chi connectivity index (χ0v) is 11.9. The largest absolute Gasteiger partial charge is 0.309 e. The van der Waals surface area contributed by atoms with Crippen molar-refractivity contribution in [2.75, 3.05) is 6.54 Å². The Hall–Kier alpha value is -0.640. The van der Waals surface area contributed by atoms with E-state index in [-0.39, 0.29) is 0 Å². The van der Waals surface area contributed by atoms with E-state index < -0.39 is 0 Å². The Balaban J connectivity index is 1.85. The number of hydrogen-bond acceptors (Lipinski definition) is 2. The molecule has 1 unspecified atom stereocenters. The Morgan fingerprint density at radius 3 is 3.06 bits per heavy atom. The van der Waals surface area contributed by atoms with Crippen molar-refractivity contribution in [3.05, 3.63) is 56.2 Å². The molecule has 0 amide bonds. The second kappa shape index (κ2) is 4.92. The van der Waals surface area contributed by atoms with Gasteiger partial charge in [-0.3, -0.25) is 0 Å². The van der Waals surface area contributed by atoms with E-state index >= 15 is 0 Å². The monoisotopic (exact) mass is 307 g/mol. The van der Waals surface area contributed by atoms with Gasteiger partial charge in [-0.15, -0.1) is 11.3 Å². The summed E-state index contributed by atoms with van der Waals surface area (Å²) >= 11 is 5.35. The van der Waals surface area contributed by atoms with Crippen LogP contribution in [0.1, 0.15) is 22.0 Å². The Kier molecular flexibility index (Phi) is 3.32. The molecule has 2 aromatic rings. The minimum absolute atomic E-state index is 0.477. The lowest BCUT2D eigenvalue weighted by Gasteiger charge is -2.26. The first-order chi connectivity index (χ1) is 8.33. The van der Waals surface area contributed by atoms with Crippen LogP contribution < -0.4 is 5.32 Å². The molecule has 17 heavy (non-hydrogen) atoms. The molecule has 1 atom stereocenters. The summed E-state index contributed by atoms with van der Waals surface area (Å²) in [5.74, 6) is 0. The van der Waals surface area contributed by atoms with E-state index in [2.05, 4.69) is 57.0 Å². The summed E-state index contributed by atoms with van der Waals surface area (Å²) in [5, 5.41) is 5.78. The third kappa shape index (κ3) is 2.46. The highest BCUT2D eigenvalue weighted by Gasteiger charge is 2.19. The molecule has 1 aromatic heterocycles. The molecule has 0 saturated carbocycles. The lowest BCUT2D eigenvalue weighted by Crippen LogP contribution is -2.30. The van der Waals surface area contributed by atoms with Crippen molar-refractivity contribution in [3.63, 3.8) is 0 Å². The van der Waals surface area contributed by atoms with Gasteiger partial charge in [-0.1, -0.05) is 24.3 Å². The molecule has 1 aromatic carbocycles. The maximum atomic E-state index is 3.62. The third-order valence-corrected chi connectivity index (χ3v) is 4.96. The fraction of sp³-hybridized carbons (Fsp3) is 0.286. The van der Waals surface area contributed by atoms with Crippen molar-refractivity contribution in [1.82, 2.24) is 5.32 Å². The van der Waals surface area contributed by atoms with Gasteiger partial charge in [-0.2, -0.15) is 0 Å². The third-order valence-electron chi connectivity index (χ3n) is 3.24. The fourth-order valence-electron chi connectivity index (χ4n) is 2.44. The quantitative estimate of drug-likeness (QED) is 0.886. The highest BCUT2D eigenvalue weighted by Crippen LogP contribution is 2.29. The lowest BCUT2D eigenvalue weighted by molar-refractivity contribution is 0.505. The molecule has 2 heterocycles. The van der Waals surface area contributed by atoms with Crippen LogP contribution in [-0.4, -0.2) is 6.54 Å². The lowest BCUT2D eigenvalue weighted by atomic mass is 9.92. The molecule has 0 bridgehead atoms. The molecule has 1 nitrogen and oxygen atoms in total. The van der Waals surface area contributed by atoms with E-state index in [1.807, 2.05) is 11.3 Å². The Labute approximate surface area is 114 Å². The standard InChI is InChI=1S/C14H14BrNS/c15-11-7-12(17-9-11)8-14-13-4-2-1-3-10(13)5-6-16-14/h1-4,7,9,14,16H,5-6,8H2. The predicted octanol–water partition coefficient (Wildman–Crippen LogP) is 3.94. The van der Waals surface area contributed by atoms with Gasteiger partial charge in [0.15, 0.2) is 0 Å². The SMILES string of the molecule is Brc1csc(CC2NCCc3ccccc32)c1. The Morgan fingerprint density at radius 1 is 1.35 bits per heavy atom. The normalized spacial score (nSPS) is 19.0. The van der Waals surface area contributed by atoms with Crippen LogP contribution in [0.2, 0.25) is 0 Å². The van der Waals surface area contributed by atoms with Crippen molar-refractivity contribution >= 4 is 27.3 Å². The molecule has 1 aliphatic heterocycles. The van der Waals surface area contributed by atoms with Gasteiger partial charge in [0.05, 0.1) is 0 Å². The van der Waals surface area contributed by atoms with Gasteiger partial charge in [-0.25, -0.2) is 0 Å². The van der Waals surface area contributed by atoms with Gasteiger partial charge in [0, 0.05) is 27.2 Å². The molecule has 0 spiro atoms. The molecule has 0 radical (unpaired) electrons. The van der Waals surface area contributed by atoms with Crippen molar-refractivity contribution < 1.29 is 0 Å². The van der Waals surface area contributed by atoms with Gasteiger partial charge in [0.25, 0.3) is 0 Å². The van der Waals surface area contributed by atoms with Crippen molar-refractivity contribution in [2.24, 2.45) is 0 Å². The first kappa shape index (κ1) is 11.5. The Morgan fingerprint density at radius 2 is 2.24 bits per heavy atom. The van der Waals surface area contributed by atoms with Crippen LogP contribution >= 0.6 is 27.3 Å². The predicted molar refractivity (Wildman–Crippen MR) is 76.6 cm³/mol. The van der Waals surface area contributed by atoms with Crippen LogP contribution in [0.25, 0.3) is 0 Å². The number of hydrogen-bond donors (Lipinski definition) is 1. The molecule has 0 saturated heterocycles. The Bertz CT molecular complexity index is 520. The smallest absolute Gasteiger partial charge is 0.0371 e. The van der Waals surface area contributed by atoms with E-state index in [0.717, 1.165) is 19.4 Å². The number of nitrogens with one attached hydrogen (secondary N) is 1. The summed E-state index contributed by atoms with van der Waals surface area (Å²) in [6, 6.07) is 11.5. The average molecular weight is 308 g/mol. The minimum atomic E-state index is 0.477. The zero-order valence-electron chi connectivity index (χ0n) is 9.45. The van der Waals surface area contributed by atoms with Crippen LogP contribution in [0.4, 0.5) is 0 Å². The van der Waals surface area contributed by atoms with Gasteiger partial charge >= 0.3 is 0 Å². The maximum absolute atomic E-state index is 3.62. The van der Waals surface area contributed by atoms with E-state index in [9.17, 15) is 0 Å². The summed E-state index contributed by atoms with van der Waals surface area (Å²) in [5.41, 5.74) is 2.98. The second-order valence-corrected chi connectivity index (χ2v) is 6.30. The van der Waals surface area contributed by atoms with Crippen LogP contribution in [0.3, 0.4) is 0 Å². The number of halogens is 1. The number of benzene rings is 1. The van der Waals surface area contributed by atoms with Crippen LogP contribution in [0.5, 0.6) is 0 Å². The summed E-state index contributed by atoms with van der Waals surface area (Å²) < 4.78 is 1.20. The highest BCUT2D eigenvalue weighted by atomic mass is 79.9. The minimum Gasteiger partial charge on any atom is -0.309 e. The molecule has 3 heteroatoms. The number of fused-ring (bicyclic) bond motifs is 1. The van der Waals surface area contributed by atoms with E-state index in [1.165, 1.54) is 20.5 Å². The van der Waals surface area contributed by atoms with Gasteiger partial charge in [0.1, 0.15) is 0 Å². The van der Waals surface area contributed by atoms with Crippen molar-refractivity contribution in [3.8, 4) is 0 Å². The molecule has 88 valence electrons. The molecular formula is C14H14BrNS. The molecule has 3 rings (SSSR count). The van der Waals surface area contributed by atoms with Crippen molar-refractivity contribution in [2.45, 2.75) is 18.9 Å². The van der Waals surface area contributed by atoms with E-state index in [0.29, 0.717) is 6.04 Å². The second-order valence-electron chi connectivity index (χ2n) is 4.39. The van der Waals surface area contributed by atoms with Crippen LogP contribution in [0, 0.1) is 0 Å². The van der Waals surface area contributed by atoms with Gasteiger partial charge in [0.2, 0.25) is 0 Å². The van der Waals surface area contributed by atoms with Crippen LogP contribution in [0.15, 0.2) is 40.2 Å². The molecule has 0 fully saturated rings. The molecule has 1 aliphatic rings. The molecular weight excluding hydrogens is 294 g/mol. The van der Waals surface area contributed by atoms with Crippen LogP contribution in [-0.2, 0) is 12.8 Å².